The number of amides is 1. The summed E-state index contributed by atoms with van der Waals surface area (Å²) in [5, 5.41) is 8.18. The topological polar surface area (TPSA) is 95.7 Å². The number of carbonyl (C=O) groups is 1. The molecule has 0 spiro atoms. The summed E-state index contributed by atoms with van der Waals surface area (Å²) >= 11 is 0. The smallest absolute Gasteiger partial charge is 0.277 e. The van der Waals surface area contributed by atoms with E-state index in [1.54, 1.807) is 4.90 Å². The van der Waals surface area contributed by atoms with Crippen LogP contribution in [-0.4, -0.2) is 62.3 Å². The van der Waals surface area contributed by atoms with E-state index < -0.39 is 10.2 Å². The molecular formula is C9H19ClN4O3S. The highest BCUT2D eigenvalue weighted by Gasteiger charge is 2.31. The van der Waals surface area contributed by atoms with Gasteiger partial charge in [-0.1, -0.05) is 0 Å². The van der Waals surface area contributed by atoms with E-state index in [0.29, 0.717) is 13.1 Å². The minimum atomic E-state index is -3.61. The lowest BCUT2D eigenvalue weighted by Gasteiger charge is -2.34. The molecule has 0 radical (unpaired) electrons. The van der Waals surface area contributed by atoms with Crippen molar-refractivity contribution in [2.24, 2.45) is 5.14 Å². The fraction of sp³-hybridized carbons (Fsp3) is 0.889. The van der Waals surface area contributed by atoms with Crippen molar-refractivity contribution in [2.45, 2.75) is 18.9 Å². The normalized spacial score (nSPS) is 25.8. The largest absolute Gasteiger partial charge is 0.339 e. The van der Waals surface area contributed by atoms with E-state index in [1.165, 1.54) is 4.31 Å². The Labute approximate surface area is 113 Å². The molecule has 1 amide bonds. The van der Waals surface area contributed by atoms with Crippen molar-refractivity contribution in [3.63, 3.8) is 0 Å². The van der Waals surface area contributed by atoms with Gasteiger partial charge in [0.15, 0.2) is 0 Å². The zero-order chi connectivity index (χ0) is 12.5. The van der Waals surface area contributed by atoms with Gasteiger partial charge >= 0.3 is 0 Å². The Kier molecular flexibility index (Phi) is 5.35. The van der Waals surface area contributed by atoms with Gasteiger partial charge in [-0.05, 0) is 19.4 Å². The molecule has 7 nitrogen and oxygen atoms in total. The molecule has 0 aromatic heterocycles. The number of nitrogens with two attached hydrogens (primary N) is 1. The molecule has 2 heterocycles. The molecule has 2 fully saturated rings. The Morgan fingerprint density at radius 2 is 1.83 bits per heavy atom. The number of nitrogens with one attached hydrogen (secondary N) is 1. The summed E-state index contributed by atoms with van der Waals surface area (Å²) in [7, 11) is -3.61. The molecule has 0 aromatic rings. The zero-order valence-corrected chi connectivity index (χ0v) is 11.7. The second kappa shape index (κ2) is 6.16. The lowest BCUT2D eigenvalue weighted by Crippen LogP contribution is -2.55. The van der Waals surface area contributed by atoms with Gasteiger partial charge in [0.05, 0.1) is 6.04 Å². The van der Waals surface area contributed by atoms with Crippen LogP contribution in [0, 0.1) is 0 Å². The first-order valence-electron chi connectivity index (χ1n) is 5.78. The van der Waals surface area contributed by atoms with Crippen molar-refractivity contribution in [3.05, 3.63) is 0 Å². The summed E-state index contributed by atoms with van der Waals surface area (Å²) in [5.41, 5.74) is 0. The first kappa shape index (κ1) is 15.6. The SMILES string of the molecule is Cl.NS(=O)(=O)N1CCN(C(=O)C2CCCN2)CC1. The van der Waals surface area contributed by atoms with Gasteiger partial charge in [-0.2, -0.15) is 12.7 Å². The number of halogens is 1. The highest BCUT2D eigenvalue weighted by Crippen LogP contribution is 2.11. The Bertz CT molecular complexity index is 389. The van der Waals surface area contributed by atoms with Crippen LogP contribution in [0.1, 0.15) is 12.8 Å². The van der Waals surface area contributed by atoms with Crippen molar-refractivity contribution in [1.82, 2.24) is 14.5 Å². The summed E-state index contributed by atoms with van der Waals surface area (Å²) < 4.78 is 23.4. The monoisotopic (exact) mass is 298 g/mol. The predicted octanol–water partition coefficient (Wildman–Crippen LogP) is -1.49. The third-order valence-electron chi connectivity index (χ3n) is 3.27. The van der Waals surface area contributed by atoms with E-state index in [1.807, 2.05) is 0 Å². The molecule has 2 aliphatic heterocycles. The van der Waals surface area contributed by atoms with Crippen LogP contribution in [0.5, 0.6) is 0 Å². The molecule has 3 N–H and O–H groups in total. The van der Waals surface area contributed by atoms with Crippen LogP contribution in [-0.2, 0) is 15.0 Å². The third-order valence-corrected chi connectivity index (χ3v) is 4.35. The van der Waals surface area contributed by atoms with Crippen LogP contribution in [0.25, 0.3) is 0 Å². The number of hydrogen-bond donors (Lipinski definition) is 2. The highest BCUT2D eigenvalue weighted by atomic mass is 35.5. The van der Waals surface area contributed by atoms with Gasteiger partial charge in [-0.15, -0.1) is 12.4 Å². The third kappa shape index (κ3) is 3.55. The molecule has 1 atom stereocenters. The average molecular weight is 299 g/mol. The molecule has 18 heavy (non-hydrogen) atoms. The number of piperazine rings is 1. The van der Waals surface area contributed by atoms with Crippen molar-refractivity contribution in [2.75, 3.05) is 32.7 Å². The Balaban J connectivity index is 0.00000162. The lowest BCUT2D eigenvalue weighted by molar-refractivity contribution is -0.134. The van der Waals surface area contributed by atoms with Crippen molar-refractivity contribution >= 4 is 28.5 Å². The number of nitrogens with zero attached hydrogens (tertiary/aromatic N) is 2. The molecule has 2 aliphatic rings. The minimum absolute atomic E-state index is 0. The van der Waals surface area contributed by atoms with Crippen molar-refractivity contribution in [3.8, 4) is 0 Å². The van der Waals surface area contributed by atoms with Gasteiger partial charge < -0.3 is 10.2 Å². The maximum Gasteiger partial charge on any atom is 0.277 e. The summed E-state index contributed by atoms with van der Waals surface area (Å²) in [6.07, 6.45) is 1.89. The Hall–Kier alpha value is -0.410. The van der Waals surface area contributed by atoms with Crippen LogP contribution in [0.2, 0.25) is 0 Å². The maximum absolute atomic E-state index is 12.0. The van der Waals surface area contributed by atoms with E-state index in [2.05, 4.69) is 5.32 Å². The van der Waals surface area contributed by atoms with E-state index in [-0.39, 0.29) is 37.4 Å². The quantitative estimate of drug-likeness (QED) is 0.649. The van der Waals surface area contributed by atoms with Crippen LogP contribution >= 0.6 is 12.4 Å². The molecule has 9 heteroatoms. The molecule has 2 saturated heterocycles. The first-order chi connectivity index (χ1) is 7.98. The fourth-order valence-corrected chi connectivity index (χ4v) is 2.95. The van der Waals surface area contributed by atoms with Crippen molar-refractivity contribution in [1.29, 1.82) is 0 Å². The van der Waals surface area contributed by atoms with E-state index in [4.69, 9.17) is 5.14 Å². The molecule has 106 valence electrons. The molecular weight excluding hydrogens is 280 g/mol. The second-order valence-electron chi connectivity index (χ2n) is 4.42. The van der Waals surface area contributed by atoms with Gasteiger partial charge in [0, 0.05) is 26.2 Å². The molecule has 0 aromatic carbocycles. The molecule has 0 aliphatic carbocycles. The number of carbonyl (C=O) groups excluding carboxylic acids is 1. The van der Waals surface area contributed by atoms with Crippen LogP contribution in [0.4, 0.5) is 0 Å². The van der Waals surface area contributed by atoms with Gasteiger partial charge in [0.25, 0.3) is 10.2 Å². The van der Waals surface area contributed by atoms with E-state index in [9.17, 15) is 13.2 Å². The maximum atomic E-state index is 12.0. The van der Waals surface area contributed by atoms with Gasteiger partial charge in [-0.3, -0.25) is 4.79 Å². The molecule has 0 saturated carbocycles. The summed E-state index contributed by atoms with van der Waals surface area (Å²) in [6, 6.07) is -0.0870. The molecule has 1 unspecified atom stereocenters. The summed E-state index contributed by atoms with van der Waals surface area (Å²) in [5.74, 6) is 0.0802. The highest BCUT2D eigenvalue weighted by molar-refractivity contribution is 7.86. The summed E-state index contributed by atoms with van der Waals surface area (Å²) in [4.78, 5) is 13.7. The predicted molar refractivity (Wildman–Crippen MR) is 69.5 cm³/mol. The van der Waals surface area contributed by atoms with Gasteiger partial charge in [-0.25, -0.2) is 5.14 Å². The summed E-state index contributed by atoms with van der Waals surface area (Å²) in [6.45, 7) is 2.31. The fourth-order valence-electron chi connectivity index (χ4n) is 2.28. The minimum Gasteiger partial charge on any atom is -0.339 e. The van der Waals surface area contributed by atoms with Gasteiger partial charge in [0.1, 0.15) is 0 Å². The van der Waals surface area contributed by atoms with Crippen molar-refractivity contribution < 1.29 is 13.2 Å². The standard InChI is InChI=1S/C9H18N4O3S.ClH/c10-17(15,16)13-6-4-12(5-7-13)9(14)8-2-1-3-11-8;/h8,11H,1-7H2,(H2,10,15,16);1H. The second-order valence-corrected chi connectivity index (χ2v) is 5.96. The van der Waals surface area contributed by atoms with E-state index >= 15 is 0 Å². The average Bonchev–Trinajstić information content (AvgIpc) is 2.80. The molecule has 2 rings (SSSR count). The lowest BCUT2D eigenvalue weighted by atomic mass is 10.2. The molecule has 0 bridgehead atoms. The van der Waals surface area contributed by atoms with Crippen LogP contribution in [0.3, 0.4) is 0 Å². The van der Waals surface area contributed by atoms with Crippen LogP contribution in [0.15, 0.2) is 0 Å². The first-order valence-corrected chi connectivity index (χ1v) is 7.29. The van der Waals surface area contributed by atoms with Gasteiger partial charge in [0.2, 0.25) is 5.91 Å². The van der Waals surface area contributed by atoms with E-state index in [0.717, 1.165) is 19.4 Å². The Morgan fingerprint density at radius 1 is 1.22 bits per heavy atom. The Morgan fingerprint density at radius 3 is 2.28 bits per heavy atom. The number of hydrogen-bond acceptors (Lipinski definition) is 4. The van der Waals surface area contributed by atoms with Crippen LogP contribution < -0.4 is 10.5 Å². The number of rotatable bonds is 2. The zero-order valence-electron chi connectivity index (χ0n) is 10.0.